The Hall–Kier alpha value is -2.30. The predicted molar refractivity (Wildman–Crippen MR) is 141 cm³/mol. The van der Waals surface area contributed by atoms with Gasteiger partial charge in [0.25, 0.3) is 0 Å². The van der Waals surface area contributed by atoms with Crippen LogP contribution < -0.4 is 9.47 Å². The highest BCUT2D eigenvalue weighted by Gasteiger charge is 2.28. The number of thioether (sulfide) groups is 1. The van der Waals surface area contributed by atoms with E-state index in [1.807, 2.05) is 50.8 Å². The molecule has 1 aliphatic heterocycles. The molecule has 0 radical (unpaired) electrons. The molecule has 162 valence electrons. The van der Waals surface area contributed by atoms with E-state index in [0.717, 1.165) is 0 Å². The van der Waals surface area contributed by atoms with Gasteiger partial charge >= 0.3 is 0 Å². The lowest BCUT2D eigenvalue weighted by molar-refractivity contribution is -0.647. The van der Waals surface area contributed by atoms with Crippen LogP contribution in [0.15, 0.2) is 57.8 Å². The molecule has 0 saturated heterocycles. The zero-order valence-corrected chi connectivity index (χ0v) is 21.5. The number of hydrogen-bond donors (Lipinski definition) is 0. The van der Waals surface area contributed by atoms with E-state index in [0.29, 0.717) is 0 Å². The van der Waals surface area contributed by atoms with E-state index in [1.54, 1.807) is 0 Å². The van der Waals surface area contributed by atoms with Crippen molar-refractivity contribution in [2.24, 2.45) is 7.05 Å². The van der Waals surface area contributed by atoms with Gasteiger partial charge in [-0.05, 0) is 31.5 Å². The maximum absolute atomic E-state index is 2.35. The lowest BCUT2D eigenvalue weighted by atomic mass is 10.0. The third-order valence-electron chi connectivity index (χ3n) is 5.64. The van der Waals surface area contributed by atoms with Crippen molar-refractivity contribution in [3.63, 3.8) is 0 Å². The van der Waals surface area contributed by atoms with Crippen molar-refractivity contribution in [3.05, 3.63) is 70.4 Å². The monoisotopic (exact) mass is 449 g/mol. The molecule has 0 fully saturated rings. The average Bonchev–Trinajstić information content (AvgIpc) is 3.34. The molecular formula is C27H33N2S2+. The Bertz CT molecular complexity index is 1250. The van der Waals surface area contributed by atoms with E-state index >= 15 is 0 Å². The summed E-state index contributed by atoms with van der Waals surface area (Å²) in [6, 6.07) is 17.4. The maximum atomic E-state index is 2.35. The Labute approximate surface area is 195 Å². The number of pyridine rings is 1. The molecule has 5 rings (SSSR count). The van der Waals surface area contributed by atoms with E-state index in [4.69, 9.17) is 0 Å². The fraction of sp³-hybridized carbons (Fsp3) is 0.296. The molecule has 0 saturated carbocycles. The first-order valence-electron chi connectivity index (χ1n) is 11.1. The zero-order chi connectivity index (χ0) is 22.7. The van der Waals surface area contributed by atoms with Crippen LogP contribution in [0.25, 0.3) is 27.1 Å². The summed E-state index contributed by atoms with van der Waals surface area (Å²) >= 11 is 3.78. The van der Waals surface area contributed by atoms with Crippen LogP contribution in [0.3, 0.4) is 0 Å². The van der Waals surface area contributed by atoms with Crippen LogP contribution in [0.1, 0.15) is 44.5 Å². The van der Waals surface area contributed by atoms with Crippen molar-refractivity contribution in [1.29, 1.82) is 0 Å². The minimum atomic E-state index is 1.28. The number of aromatic nitrogens is 1. The fourth-order valence-electron chi connectivity index (χ4n) is 3.98. The second-order valence-electron chi connectivity index (χ2n) is 7.09. The van der Waals surface area contributed by atoms with Crippen LogP contribution in [0.5, 0.6) is 0 Å². The average molecular weight is 450 g/mol. The minimum Gasteiger partial charge on any atom is -0.337 e. The van der Waals surface area contributed by atoms with E-state index in [1.165, 1.54) is 52.7 Å². The van der Waals surface area contributed by atoms with Gasteiger partial charge < -0.3 is 4.90 Å². The smallest absolute Gasteiger partial charge is 0.213 e. The highest BCUT2D eigenvalue weighted by atomic mass is 32.2. The highest BCUT2D eigenvalue weighted by Crippen LogP contribution is 2.54. The summed E-state index contributed by atoms with van der Waals surface area (Å²) in [7, 11) is 4.36. The molecule has 0 atom stereocenters. The molecule has 1 aliphatic rings. The molecule has 0 spiro atoms. The molecule has 0 amide bonds. The Morgan fingerprint density at radius 3 is 2.16 bits per heavy atom. The SMILES string of the molecule is CC.CC.Cc1c(C)c2ccccc2[n+](C)c1C=C1Sc2sc3ccccc3c2N1C. The summed E-state index contributed by atoms with van der Waals surface area (Å²) in [6.45, 7) is 12.5. The van der Waals surface area contributed by atoms with Crippen LogP contribution in [-0.4, -0.2) is 7.05 Å². The molecule has 2 nitrogen and oxygen atoms in total. The molecular weight excluding hydrogens is 416 g/mol. The number of anilines is 1. The number of aryl methyl sites for hydroxylation is 2. The largest absolute Gasteiger partial charge is 0.337 e. The standard InChI is InChI=1S/C23H21N2S2.2C2H6/c1-14-15(2)19(24(3)18-11-7-5-9-16(14)18)13-21-25(4)22-17-10-6-8-12-20(17)26-23(22)27-21;2*1-2/h5-13H,1-4H3;2*1-2H3/q+1;;. The van der Waals surface area contributed by atoms with Crippen LogP contribution in [-0.2, 0) is 7.05 Å². The molecule has 0 N–H and O–H groups in total. The normalized spacial score (nSPS) is 13.7. The predicted octanol–water partition coefficient (Wildman–Crippen LogP) is 8.09. The Morgan fingerprint density at radius 1 is 0.839 bits per heavy atom. The van der Waals surface area contributed by atoms with Gasteiger partial charge in [0.2, 0.25) is 11.2 Å². The van der Waals surface area contributed by atoms with Crippen molar-refractivity contribution in [3.8, 4) is 0 Å². The van der Waals surface area contributed by atoms with Gasteiger partial charge in [-0.15, -0.1) is 11.3 Å². The number of thiophene rings is 1. The molecule has 4 heteroatoms. The van der Waals surface area contributed by atoms with Gasteiger partial charge in [-0.3, -0.25) is 0 Å². The first-order chi connectivity index (χ1) is 15.1. The Balaban J connectivity index is 0.000000645. The number of para-hydroxylation sites is 1. The summed E-state index contributed by atoms with van der Waals surface area (Å²) in [4.78, 5) is 2.35. The molecule has 0 bridgehead atoms. The van der Waals surface area contributed by atoms with Gasteiger partial charge in [0.05, 0.1) is 14.9 Å². The van der Waals surface area contributed by atoms with Gasteiger partial charge in [-0.2, -0.15) is 4.57 Å². The van der Waals surface area contributed by atoms with Crippen LogP contribution in [0.2, 0.25) is 0 Å². The summed E-state index contributed by atoms with van der Waals surface area (Å²) in [5.41, 5.74) is 6.61. The second kappa shape index (κ2) is 9.88. The van der Waals surface area contributed by atoms with Gasteiger partial charge in [-0.1, -0.05) is 69.8 Å². The Morgan fingerprint density at radius 2 is 1.45 bits per heavy atom. The minimum absolute atomic E-state index is 1.28. The lowest BCUT2D eigenvalue weighted by Gasteiger charge is -2.15. The van der Waals surface area contributed by atoms with Crippen LogP contribution in [0, 0.1) is 13.8 Å². The summed E-state index contributed by atoms with van der Waals surface area (Å²) in [5.74, 6) is 0. The van der Waals surface area contributed by atoms with Gasteiger partial charge in [0.15, 0.2) is 0 Å². The zero-order valence-electron chi connectivity index (χ0n) is 19.9. The van der Waals surface area contributed by atoms with Crippen molar-refractivity contribution in [2.75, 3.05) is 11.9 Å². The maximum Gasteiger partial charge on any atom is 0.213 e. The molecule has 0 aliphatic carbocycles. The summed E-state index contributed by atoms with van der Waals surface area (Å²) in [6.07, 6.45) is 2.35. The van der Waals surface area contributed by atoms with Crippen LogP contribution in [0.4, 0.5) is 5.69 Å². The van der Waals surface area contributed by atoms with E-state index in [2.05, 4.69) is 92.0 Å². The van der Waals surface area contributed by atoms with Gasteiger partial charge in [0, 0.05) is 40.2 Å². The molecule has 4 aromatic rings. The fourth-order valence-corrected chi connectivity index (χ4v) is 6.57. The summed E-state index contributed by atoms with van der Waals surface area (Å²) < 4.78 is 5.08. The molecule has 31 heavy (non-hydrogen) atoms. The highest BCUT2D eigenvalue weighted by molar-refractivity contribution is 8.05. The van der Waals surface area contributed by atoms with E-state index in [9.17, 15) is 0 Å². The van der Waals surface area contributed by atoms with E-state index < -0.39 is 0 Å². The van der Waals surface area contributed by atoms with Crippen molar-refractivity contribution in [2.45, 2.75) is 45.8 Å². The van der Waals surface area contributed by atoms with Gasteiger partial charge in [-0.25, -0.2) is 0 Å². The number of nitrogens with zero attached hydrogens (tertiary/aromatic N) is 2. The van der Waals surface area contributed by atoms with E-state index in [-0.39, 0.29) is 0 Å². The quantitative estimate of drug-likeness (QED) is 0.271. The lowest BCUT2D eigenvalue weighted by Crippen LogP contribution is -2.34. The first kappa shape index (κ1) is 23.4. The number of benzene rings is 2. The molecule has 3 heterocycles. The van der Waals surface area contributed by atoms with Gasteiger partial charge in [0.1, 0.15) is 7.05 Å². The second-order valence-corrected chi connectivity index (χ2v) is 9.43. The Kier molecular flexibility index (Phi) is 7.45. The third kappa shape index (κ3) is 3.99. The van der Waals surface area contributed by atoms with Crippen molar-refractivity contribution < 1.29 is 4.57 Å². The topological polar surface area (TPSA) is 7.12 Å². The molecule has 2 aromatic carbocycles. The number of rotatable bonds is 1. The summed E-state index contributed by atoms with van der Waals surface area (Å²) in [5, 5.41) is 3.97. The number of fused-ring (bicyclic) bond motifs is 4. The van der Waals surface area contributed by atoms with Crippen molar-refractivity contribution in [1.82, 2.24) is 0 Å². The number of hydrogen-bond acceptors (Lipinski definition) is 3. The third-order valence-corrected chi connectivity index (χ3v) is 8.07. The first-order valence-corrected chi connectivity index (χ1v) is 12.7. The molecule has 0 unspecified atom stereocenters. The van der Waals surface area contributed by atoms with Crippen molar-refractivity contribution >= 4 is 55.9 Å². The molecule has 2 aromatic heterocycles. The van der Waals surface area contributed by atoms with Crippen LogP contribution >= 0.6 is 23.1 Å².